The Labute approximate surface area is 130 Å². The monoisotopic (exact) mass is 324 g/mol. The van der Waals surface area contributed by atoms with Crippen LogP contribution in [0.25, 0.3) is 0 Å². The number of thioether (sulfide) groups is 1. The molecule has 0 unspecified atom stereocenters. The highest BCUT2D eigenvalue weighted by atomic mass is 32.2. The zero-order chi connectivity index (χ0) is 15.6. The molecule has 0 saturated carbocycles. The van der Waals surface area contributed by atoms with Gasteiger partial charge in [0.1, 0.15) is 4.88 Å². The maximum atomic E-state index is 11.7. The van der Waals surface area contributed by atoms with E-state index in [9.17, 15) is 9.59 Å². The fourth-order valence-electron chi connectivity index (χ4n) is 1.60. The van der Waals surface area contributed by atoms with Gasteiger partial charge in [-0.15, -0.1) is 11.3 Å². The number of aromatic amines is 1. The lowest BCUT2D eigenvalue weighted by Gasteiger charge is -2.17. The summed E-state index contributed by atoms with van der Waals surface area (Å²) in [5.74, 6) is -0.341. The van der Waals surface area contributed by atoms with Gasteiger partial charge in [-0.25, -0.2) is 9.78 Å². The molecule has 0 amide bonds. The van der Waals surface area contributed by atoms with Crippen LogP contribution in [0, 0.1) is 0 Å². The summed E-state index contributed by atoms with van der Waals surface area (Å²) in [6, 6.07) is 4.88. The second kappa shape index (κ2) is 6.03. The summed E-state index contributed by atoms with van der Waals surface area (Å²) < 4.78 is 0. The molecule has 2 aromatic rings. The van der Waals surface area contributed by atoms with Crippen LogP contribution in [0.15, 0.2) is 28.2 Å². The first kappa shape index (κ1) is 15.8. The van der Waals surface area contributed by atoms with Gasteiger partial charge in [0.05, 0.1) is 5.69 Å². The van der Waals surface area contributed by atoms with Gasteiger partial charge in [0, 0.05) is 22.1 Å². The maximum Gasteiger partial charge on any atom is 0.345 e. The largest absolute Gasteiger partial charge is 0.477 e. The van der Waals surface area contributed by atoms with Crippen molar-refractivity contribution in [2.75, 3.05) is 0 Å². The number of aromatic nitrogens is 2. The smallest absolute Gasteiger partial charge is 0.345 e. The van der Waals surface area contributed by atoms with Crippen LogP contribution in [0.1, 0.15) is 41.0 Å². The average Bonchev–Trinajstić information content (AvgIpc) is 2.83. The standard InChI is InChI=1S/C14H16N2O3S2/c1-14(2,3)10-6-11(17)16-13(15-10)20-7-8-4-5-9(21-8)12(18)19/h4-6H,7H2,1-3H3,(H,18,19)(H,15,16,17). The average molecular weight is 324 g/mol. The van der Waals surface area contributed by atoms with Gasteiger partial charge in [-0.05, 0) is 12.1 Å². The first-order valence-corrected chi connectivity index (χ1v) is 8.12. The van der Waals surface area contributed by atoms with Crippen LogP contribution in [-0.4, -0.2) is 21.0 Å². The van der Waals surface area contributed by atoms with Crippen molar-refractivity contribution < 1.29 is 9.90 Å². The molecule has 7 heteroatoms. The molecule has 0 atom stereocenters. The fourth-order valence-corrected chi connectivity index (χ4v) is 3.36. The quantitative estimate of drug-likeness (QED) is 0.667. The summed E-state index contributed by atoms with van der Waals surface area (Å²) in [6.07, 6.45) is 0. The summed E-state index contributed by atoms with van der Waals surface area (Å²) in [5.41, 5.74) is 0.379. The predicted molar refractivity (Wildman–Crippen MR) is 84.4 cm³/mol. The molecule has 0 saturated heterocycles. The minimum absolute atomic E-state index is 0.171. The fraction of sp³-hybridized carbons (Fsp3) is 0.357. The van der Waals surface area contributed by atoms with Crippen molar-refractivity contribution in [1.29, 1.82) is 0 Å². The number of carboxylic acids is 1. The second-order valence-electron chi connectivity index (χ2n) is 5.55. The van der Waals surface area contributed by atoms with Crippen molar-refractivity contribution in [2.45, 2.75) is 37.1 Å². The Bertz CT molecular complexity index is 713. The Balaban J connectivity index is 2.14. The summed E-state index contributed by atoms with van der Waals surface area (Å²) in [6.45, 7) is 6.00. The number of nitrogens with one attached hydrogen (secondary N) is 1. The summed E-state index contributed by atoms with van der Waals surface area (Å²) >= 11 is 2.63. The number of hydrogen-bond donors (Lipinski definition) is 2. The van der Waals surface area contributed by atoms with E-state index in [-0.39, 0.29) is 11.0 Å². The Kier molecular flexibility index (Phi) is 4.53. The van der Waals surface area contributed by atoms with Gasteiger partial charge >= 0.3 is 5.97 Å². The van der Waals surface area contributed by atoms with Crippen molar-refractivity contribution in [1.82, 2.24) is 9.97 Å². The number of H-pyrrole nitrogens is 1. The number of carboxylic acid groups (broad SMARTS) is 1. The molecule has 0 spiro atoms. The molecule has 0 aliphatic heterocycles. The van der Waals surface area contributed by atoms with E-state index in [0.29, 0.717) is 15.8 Å². The van der Waals surface area contributed by atoms with Crippen LogP contribution < -0.4 is 5.56 Å². The second-order valence-corrected chi connectivity index (χ2v) is 7.68. The van der Waals surface area contributed by atoms with Crippen LogP contribution in [0.4, 0.5) is 0 Å². The number of thiophene rings is 1. The van der Waals surface area contributed by atoms with Gasteiger partial charge in [-0.1, -0.05) is 32.5 Å². The molecule has 0 aliphatic carbocycles. The molecule has 2 aromatic heterocycles. The highest BCUT2D eigenvalue weighted by molar-refractivity contribution is 7.98. The van der Waals surface area contributed by atoms with Crippen molar-refractivity contribution in [3.63, 3.8) is 0 Å². The summed E-state index contributed by atoms with van der Waals surface area (Å²) in [4.78, 5) is 30.9. The number of carbonyl (C=O) groups is 1. The van der Waals surface area contributed by atoms with Gasteiger partial charge in [0.2, 0.25) is 0 Å². The van der Waals surface area contributed by atoms with Crippen LogP contribution in [0.2, 0.25) is 0 Å². The SMILES string of the molecule is CC(C)(C)c1cc(=O)[nH]c(SCc2ccc(C(=O)O)s2)n1. The van der Waals surface area contributed by atoms with Gasteiger partial charge < -0.3 is 10.1 Å². The van der Waals surface area contributed by atoms with E-state index in [1.807, 2.05) is 20.8 Å². The van der Waals surface area contributed by atoms with Gasteiger partial charge in [-0.3, -0.25) is 4.79 Å². The van der Waals surface area contributed by atoms with E-state index in [2.05, 4.69) is 9.97 Å². The van der Waals surface area contributed by atoms with Crippen molar-refractivity contribution >= 4 is 29.1 Å². The minimum atomic E-state index is -0.919. The third-order valence-corrected chi connectivity index (χ3v) is 4.89. The lowest BCUT2D eigenvalue weighted by Crippen LogP contribution is -2.19. The molecule has 0 aromatic carbocycles. The Morgan fingerprint density at radius 3 is 2.71 bits per heavy atom. The van der Waals surface area contributed by atoms with Crippen LogP contribution >= 0.6 is 23.1 Å². The van der Waals surface area contributed by atoms with Gasteiger partial charge in [-0.2, -0.15) is 0 Å². The Hall–Kier alpha value is -1.60. The van der Waals surface area contributed by atoms with Crippen molar-refractivity contribution in [3.05, 3.63) is 44.0 Å². The molecular weight excluding hydrogens is 308 g/mol. The normalized spacial score (nSPS) is 11.6. The molecule has 112 valence electrons. The molecule has 0 fully saturated rings. The lowest BCUT2D eigenvalue weighted by atomic mass is 9.92. The Morgan fingerprint density at radius 2 is 2.14 bits per heavy atom. The van der Waals surface area contributed by atoms with Gasteiger partial charge in [0.25, 0.3) is 5.56 Å². The van der Waals surface area contributed by atoms with Crippen LogP contribution in [0.5, 0.6) is 0 Å². The molecule has 2 heterocycles. The molecule has 2 N–H and O–H groups in total. The third kappa shape index (κ3) is 4.18. The number of aromatic carboxylic acids is 1. The number of nitrogens with zero attached hydrogens (tertiary/aromatic N) is 1. The number of hydrogen-bond acceptors (Lipinski definition) is 5. The third-order valence-electron chi connectivity index (χ3n) is 2.71. The van der Waals surface area contributed by atoms with E-state index in [1.165, 1.54) is 29.2 Å². The lowest BCUT2D eigenvalue weighted by molar-refractivity contribution is 0.0702. The zero-order valence-electron chi connectivity index (χ0n) is 12.0. The maximum absolute atomic E-state index is 11.7. The van der Waals surface area contributed by atoms with E-state index in [0.717, 1.165) is 10.6 Å². The molecule has 0 radical (unpaired) electrons. The van der Waals surface area contributed by atoms with E-state index in [4.69, 9.17) is 5.11 Å². The van der Waals surface area contributed by atoms with Crippen molar-refractivity contribution in [3.8, 4) is 0 Å². The highest BCUT2D eigenvalue weighted by Crippen LogP contribution is 2.26. The van der Waals surface area contributed by atoms with E-state index in [1.54, 1.807) is 12.1 Å². The Morgan fingerprint density at radius 1 is 1.43 bits per heavy atom. The summed E-state index contributed by atoms with van der Waals surface area (Å²) in [7, 11) is 0. The van der Waals surface area contributed by atoms with E-state index < -0.39 is 5.97 Å². The summed E-state index contributed by atoms with van der Waals surface area (Å²) in [5, 5.41) is 9.44. The molecule has 21 heavy (non-hydrogen) atoms. The highest BCUT2D eigenvalue weighted by Gasteiger charge is 2.17. The molecular formula is C14H16N2O3S2. The molecule has 5 nitrogen and oxygen atoms in total. The first-order valence-electron chi connectivity index (χ1n) is 6.32. The molecule has 2 rings (SSSR count). The van der Waals surface area contributed by atoms with E-state index >= 15 is 0 Å². The van der Waals surface area contributed by atoms with Crippen LogP contribution in [-0.2, 0) is 11.2 Å². The van der Waals surface area contributed by atoms with Gasteiger partial charge in [0.15, 0.2) is 5.16 Å². The van der Waals surface area contributed by atoms with Crippen LogP contribution in [0.3, 0.4) is 0 Å². The first-order chi connectivity index (χ1) is 9.75. The zero-order valence-corrected chi connectivity index (χ0v) is 13.6. The van der Waals surface area contributed by atoms with Crippen molar-refractivity contribution in [2.24, 2.45) is 0 Å². The molecule has 0 bridgehead atoms. The minimum Gasteiger partial charge on any atom is -0.477 e. The number of rotatable bonds is 4. The molecule has 0 aliphatic rings. The predicted octanol–water partition coefficient (Wildman–Crippen LogP) is 3.12. The topological polar surface area (TPSA) is 83.0 Å².